The molecule has 15 heavy (non-hydrogen) atoms. The zero-order chi connectivity index (χ0) is 10.3. The van der Waals surface area contributed by atoms with Crippen LogP contribution in [0.1, 0.15) is 5.69 Å². The van der Waals surface area contributed by atoms with Crippen LogP contribution in [0.4, 0.5) is 0 Å². The third-order valence-corrected chi connectivity index (χ3v) is 3.26. The average Bonchev–Trinajstić information content (AvgIpc) is 2.86. The predicted octanol–water partition coefficient (Wildman–Crippen LogP) is 3.60. The second-order valence-electron chi connectivity index (χ2n) is 3.55. The van der Waals surface area contributed by atoms with Crippen LogP contribution < -0.4 is 0 Å². The molecular formula is C12H10N2S. The van der Waals surface area contributed by atoms with E-state index in [-0.39, 0.29) is 0 Å². The molecule has 0 radical (unpaired) electrons. The Morgan fingerprint density at radius 1 is 1.33 bits per heavy atom. The predicted molar refractivity (Wildman–Crippen MR) is 64.1 cm³/mol. The van der Waals surface area contributed by atoms with Crippen LogP contribution in [-0.2, 0) is 0 Å². The molecule has 0 amide bonds. The molecule has 0 aliphatic heterocycles. The fourth-order valence-electron chi connectivity index (χ4n) is 1.77. The van der Waals surface area contributed by atoms with E-state index in [1.165, 1.54) is 16.6 Å². The van der Waals surface area contributed by atoms with Gasteiger partial charge in [0, 0.05) is 39.4 Å². The number of nitrogens with zero attached hydrogens (tertiary/aromatic N) is 1. The van der Waals surface area contributed by atoms with Gasteiger partial charge < -0.3 is 4.98 Å². The van der Waals surface area contributed by atoms with Crippen molar-refractivity contribution < 1.29 is 0 Å². The monoisotopic (exact) mass is 214 g/mol. The van der Waals surface area contributed by atoms with Gasteiger partial charge in [-0.15, -0.1) is 0 Å². The van der Waals surface area contributed by atoms with E-state index < -0.39 is 0 Å². The van der Waals surface area contributed by atoms with E-state index in [0.29, 0.717) is 0 Å². The molecule has 1 N–H and O–H groups in total. The normalized spacial score (nSPS) is 11.0. The van der Waals surface area contributed by atoms with E-state index in [1.807, 2.05) is 19.2 Å². The van der Waals surface area contributed by atoms with Crippen molar-refractivity contribution in [3.63, 3.8) is 0 Å². The Labute approximate surface area is 91.6 Å². The minimum Gasteiger partial charge on any atom is -0.354 e. The number of thiophene rings is 1. The van der Waals surface area contributed by atoms with Gasteiger partial charge in [-0.3, -0.25) is 4.98 Å². The smallest absolute Gasteiger partial charge is 0.0492 e. The highest BCUT2D eigenvalue weighted by atomic mass is 32.1. The molecule has 0 saturated carbocycles. The lowest BCUT2D eigenvalue weighted by Crippen LogP contribution is -1.78. The summed E-state index contributed by atoms with van der Waals surface area (Å²) in [7, 11) is 0. The van der Waals surface area contributed by atoms with E-state index in [1.54, 1.807) is 11.3 Å². The molecule has 0 fully saturated rings. The van der Waals surface area contributed by atoms with Gasteiger partial charge in [0.15, 0.2) is 0 Å². The Kier molecular flexibility index (Phi) is 1.86. The molecule has 3 heteroatoms. The molecule has 0 aliphatic rings. The molecule has 0 unspecified atom stereocenters. The van der Waals surface area contributed by atoms with Crippen molar-refractivity contribution >= 4 is 22.2 Å². The molecule has 3 rings (SSSR count). The van der Waals surface area contributed by atoms with Crippen LogP contribution in [0, 0.1) is 6.92 Å². The van der Waals surface area contributed by atoms with Crippen molar-refractivity contribution in [2.75, 3.05) is 0 Å². The van der Waals surface area contributed by atoms with E-state index in [9.17, 15) is 0 Å². The van der Waals surface area contributed by atoms with Crippen molar-refractivity contribution in [2.24, 2.45) is 0 Å². The van der Waals surface area contributed by atoms with Gasteiger partial charge >= 0.3 is 0 Å². The minimum atomic E-state index is 1.07. The first kappa shape index (κ1) is 8.68. The summed E-state index contributed by atoms with van der Waals surface area (Å²) in [5.41, 5.74) is 4.65. The summed E-state index contributed by atoms with van der Waals surface area (Å²) in [6, 6.07) is 6.30. The Bertz CT molecular complexity index is 593. The number of aryl methyl sites for hydroxylation is 1. The van der Waals surface area contributed by atoms with Crippen LogP contribution in [-0.4, -0.2) is 9.97 Å². The lowest BCUT2D eigenvalue weighted by Gasteiger charge is -1.91. The number of aromatic nitrogens is 2. The van der Waals surface area contributed by atoms with Gasteiger partial charge in [-0.25, -0.2) is 0 Å². The topological polar surface area (TPSA) is 28.7 Å². The van der Waals surface area contributed by atoms with Gasteiger partial charge in [0.1, 0.15) is 0 Å². The van der Waals surface area contributed by atoms with E-state index in [4.69, 9.17) is 0 Å². The summed E-state index contributed by atoms with van der Waals surface area (Å²) in [6.07, 6.45) is 1.84. The molecule has 0 aromatic carbocycles. The van der Waals surface area contributed by atoms with Gasteiger partial charge in [-0.2, -0.15) is 11.3 Å². The fraction of sp³-hybridized carbons (Fsp3) is 0.0833. The van der Waals surface area contributed by atoms with Gasteiger partial charge in [0.2, 0.25) is 0 Å². The first-order chi connectivity index (χ1) is 7.34. The van der Waals surface area contributed by atoms with Gasteiger partial charge in [-0.05, 0) is 30.5 Å². The summed E-state index contributed by atoms with van der Waals surface area (Å²) < 4.78 is 0. The zero-order valence-corrected chi connectivity index (χ0v) is 9.14. The Balaban J connectivity index is 2.27. The number of nitrogens with one attached hydrogen (secondary N) is 1. The fourth-order valence-corrected chi connectivity index (χ4v) is 2.42. The molecule has 0 saturated heterocycles. The third-order valence-electron chi connectivity index (χ3n) is 2.58. The number of fused-ring (bicyclic) bond motifs is 1. The lowest BCUT2D eigenvalue weighted by atomic mass is 10.2. The molecule has 3 heterocycles. The second kappa shape index (κ2) is 3.21. The number of H-pyrrole nitrogens is 1. The Morgan fingerprint density at radius 3 is 3.00 bits per heavy atom. The van der Waals surface area contributed by atoms with Crippen molar-refractivity contribution in [1.82, 2.24) is 9.97 Å². The highest BCUT2D eigenvalue weighted by molar-refractivity contribution is 7.08. The molecule has 0 atom stereocenters. The number of hydrogen-bond donors (Lipinski definition) is 1. The quantitative estimate of drug-likeness (QED) is 0.658. The van der Waals surface area contributed by atoms with Crippen LogP contribution in [0.15, 0.2) is 35.2 Å². The Hall–Kier alpha value is -1.61. The largest absolute Gasteiger partial charge is 0.354 e. The van der Waals surface area contributed by atoms with Crippen molar-refractivity contribution in [3.05, 3.63) is 40.8 Å². The van der Waals surface area contributed by atoms with Crippen molar-refractivity contribution in [3.8, 4) is 11.3 Å². The summed E-state index contributed by atoms with van der Waals surface area (Å²) in [5.74, 6) is 0. The van der Waals surface area contributed by atoms with E-state index >= 15 is 0 Å². The number of hydrogen-bond acceptors (Lipinski definition) is 2. The van der Waals surface area contributed by atoms with Gasteiger partial charge in [0.25, 0.3) is 0 Å². The van der Waals surface area contributed by atoms with Crippen LogP contribution in [0.5, 0.6) is 0 Å². The zero-order valence-electron chi connectivity index (χ0n) is 8.32. The average molecular weight is 214 g/mol. The second-order valence-corrected chi connectivity index (χ2v) is 4.33. The maximum atomic E-state index is 4.28. The first-order valence-electron chi connectivity index (χ1n) is 4.81. The van der Waals surface area contributed by atoms with Crippen LogP contribution in [0.25, 0.3) is 22.2 Å². The summed E-state index contributed by atoms with van der Waals surface area (Å²) in [6.45, 7) is 2.04. The highest BCUT2D eigenvalue weighted by Crippen LogP contribution is 2.26. The van der Waals surface area contributed by atoms with Crippen LogP contribution >= 0.6 is 11.3 Å². The van der Waals surface area contributed by atoms with Crippen molar-refractivity contribution in [1.29, 1.82) is 0 Å². The van der Waals surface area contributed by atoms with Crippen LogP contribution in [0.2, 0.25) is 0 Å². The third kappa shape index (κ3) is 1.36. The molecular weight excluding hydrogens is 204 g/mol. The minimum absolute atomic E-state index is 1.07. The highest BCUT2D eigenvalue weighted by Gasteiger charge is 2.05. The molecule has 0 bridgehead atoms. The molecule has 3 aromatic heterocycles. The van der Waals surface area contributed by atoms with Crippen LogP contribution in [0.3, 0.4) is 0 Å². The van der Waals surface area contributed by atoms with Gasteiger partial charge in [0.05, 0.1) is 0 Å². The Morgan fingerprint density at radius 2 is 2.27 bits per heavy atom. The number of pyridine rings is 1. The standard InChI is InChI=1S/C12H10N2S/c1-8-10-6-12(9-3-5-15-7-9)14-11(10)2-4-13-8/h2-7,14H,1H3. The van der Waals surface area contributed by atoms with E-state index in [2.05, 4.69) is 32.9 Å². The van der Waals surface area contributed by atoms with E-state index in [0.717, 1.165) is 11.2 Å². The number of aromatic amines is 1. The SMILES string of the molecule is Cc1nccc2[nH]c(-c3ccsc3)cc12. The summed E-state index contributed by atoms with van der Waals surface area (Å²) >= 11 is 1.71. The van der Waals surface area contributed by atoms with Crippen molar-refractivity contribution in [2.45, 2.75) is 6.92 Å². The maximum Gasteiger partial charge on any atom is 0.0492 e. The number of rotatable bonds is 1. The van der Waals surface area contributed by atoms with Gasteiger partial charge in [-0.1, -0.05) is 0 Å². The summed E-state index contributed by atoms with van der Waals surface area (Å²) in [5, 5.41) is 5.44. The molecule has 74 valence electrons. The lowest BCUT2D eigenvalue weighted by molar-refractivity contribution is 1.24. The molecule has 0 aliphatic carbocycles. The molecule has 0 spiro atoms. The maximum absolute atomic E-state index is 4.28. The summed E-state index contributed by atoms with van der Waals surface area (Å²) in [4.78, 5) is 7.69. The first-order valence-corrected chi connectivity index (χ1v) is 5.76. The molecule has 2 nitrogen and oxygen atoms in total. The molecule has 3 aromatic rings.